The summed E-state index contributed by atoms with van der Waals surface area (Å²) < 4.78 is 34.9. The van der Waals surface area contributed by atoms with Crippen LogP contribution in [0.3, 0.4) is 0 Å². The second-order valence-corrected chi connectivity index (χ2v) is 13.8. The molecule has 2 amide bonds. The van der Waals surface area contributed by atoms with Crippen LogP contribution in [-0.2, 0) is 30.9 Å². The van der Waals surface area contributed by atoms with Gasteiger partial charge in [0.05, 0.1) is 29.9 Å². The molecule has 2 aliphatic heterocycles. The minimum atomic E-state index is -3.77. The van der Waals surface area contributed by atoms with Crippen molar-refractivity contribution in [1.82, 2.24) is 29.5 Å². The maximum absolute atomic E-state index is 13.9. The van der Waals surface area contributed by atoms with Gasteiger partial charge in [-0.05, 0) is 29.9 Å². The van der Waals surface area contributed by atoms with Crippen molar-refractivity contribution in [2.24, 2.45) is 5.41 Å². The molecule has 1 aliphatic carbocycles. The first kappa shape index (κ1) is 28.7. The highest BCUT2D eigenvalue weighted by molar-refractivity contribution is 7.89. The van der Waals surface area contributed by atoms with E-state index in [0.29, 0.717) is 24.7 Å². The number of sulfonamides is 1. The number of aliphatic hydroxyl groups is 1. The lowest BCUT2D eigenvalue weighted by Crippen LogP contribution is -2.50. The predicted octanol–water partition coefficient (Wildman–Crippen LogP) is 1.04. The first-order chi connectivity index (χ1) is 19.0. The summed E-state index contributed by atoms with van der Waals surface area (Å²) in [6.07, 6.45) is 3.17. The van der Waals surface area contributed by atoms with Gasteiger partial charge in [-0.15, -0.1) is 5.10 Å². The van der Waals surface area contributed by atoms with E-state index in [1.165, 1.54) is 15.3 Å². The van der Waals surface area contributed by atoms with Crippen LogP contribution in [0.2, 0.25) is 0 Å². The first-order valence-corrected chi connectivity index (χ1v) is 15.2. The van der Waals surface area contributed by atoms with Crippen molar-refractivity contribution in [3.63, 3.8) is 0 Å². The van der Waals surface area contributed by atoms with E-state index in [1.54, 1.807) is 22.9 Å². The highest BCUT2D eigenvalue weighted by Crippen LogP contribution is 2.40. The van der Waals surface area contributed by atoms with Gasteiger partial charge in [0.25, 0.3) is 0 Å². The minimum Gasteiger partial charge on any atom is -0.391 e. The summed E-state index contributed by atoms with van der Waals surface area (Å²) in [5.41, 5.74) is 0.775. The van der Waals surface area contributed by atoms with Crippen molar-refractivity contribution >= 4 is 21.8 Å². The third-order valence-electron chi connectivity index (χ3n) is 7.72. The van der Waals surface area contributed by atoms with Gasteiger partial charge in [0.2, 0.25) is 21.8 Å². The van der Waals surface area contributed by atoms with E-state index in [9.17, 15) is 23.1 Å². The number of benzene rings is 1. The quantitative estimate of drug-likeness (QED) is 0.476. The Hall–Kier alpha value is -2.87. The number of carbonyl (C=O) groups excluding carboxylic acids is 2. The fourth-order valence-electron chi connectivity index (χ4n) is 5.45. The van der Waals surface area contributed by atoms with Gasteiger partial charge in [-0.3, -0.25) is 9.59 Å². The van der Waals surface area contributed by atoms with Crippen LogP contribution in [0.5, 0.6) is 0 Å². The number of morpholine rings is 1. The van der Waals surface area contributed by atoms with Crippen molar-refractivity contribution in [1.29, 1.82) is 0 Å². The predicted molar refractivity (Wildman–Crippen MR) is 144 cm³/mol. The third-order valence-corrected chi connectivity index (χ3v) is 9.72. The highest BCUT2D eigenvalue weighted by atomic mass is 32.2. The van der Waals surface area contributed by atoms with E-state index in [1.807, 2.05) is 27.0 Å². The maximum Gasteiger partial charge on any atom is 0.248 e. The lowest BCUT2D eigenvalue weighted by Gasteiger charge is -2.34. The van der Waals surface area contributed by atoms with Crippen LogP contribution in [0.1, 0.15) is 63.3 Å². The molecule has 218 valence electrons. The molecule has 2 aromatic rings. The van der Waals surface area contributed by atoms with Crippen molar-refractivity contribution < 1.29 is 27.9 Å². The van der Waals surface area contributed by atoms with Crippen molar-refractivity contribution in [2.75, 3.05) is 32.8 Å². The number of nitrogens with zero attached hydrogens (tertiary/aromatic N) is 5. The molecule has 1 aromatic carbocycles. The van der Waals surface area contributed by atoms with Gasteiger partial charge < -0.3 is 20.1 Å². The zero-order valence-electron chi connectivity index (χ0n) is 23.2. The molecule has 1 aromatic heterocycles. The number of likely N-dealkylation sites (tertiary alicyclic amines) is 1. The summed E-state index contributed by atoms with van der Waals surface area (Å²) in [6, 6.07) is 4.95. The summed E-state index contributed by atoms with van der Waals surface area (Å²) in [5.74, 6) is -0.383. The molecule has 2 N–H and O–H groups in total. The zero-order chi connectivity index (χ0) is 28.7. The first-order valence-electron chi connectivity index (χ1n) is 13.8. The number of aromatic nitrogens is 3. The van der Waals surface area contributed by atoms with E-state index in [-0.39, 0.29) is 43.4 Å². The van der Waals surface area contributed by atoms with Crippen molar-refractivity contribution in [3.05, 3.63) is 41.7 Å². The number of carbonyl (C=O) groups is 2. The van der Waals surface area contributed by atoms with Crippen LogP contribution in [0.25, 0.3) is 0 Å². The molecule has 2 saturated heterocycles. The molecule has 13 heteroatoms. The van der Waals surface area contributed by atoms with Crippen molar-refractivity contribution in [2.45, 2.75) is 75.6 Å². The minimum absolute atomic E-state index is 0.0235. The maximum atomic E-state index is 13.9. The SMILES string of the molecule is CC(C)(C)[C@@H](C(=O)N1C[C@H](O)C[C@H]1C(=O)NCc1ccccc1S(=O)(=O)N1CCOCC1)n1cc(C2CC2)nn1. The smallest absolute Gasteiger partial charge is 0.248 e. The van der Waals surface area contributed by atoms with Gasteiger partial charge in [0.1, 0.15) is 12.1 Å². The fraction of sp³-hybridized carbons (Fsp3) is 0.630. The highest BCUT2D eigenvalue weighted by Gasteiger charge is 2.45. The van der Waals surface area contributed by atoms with E-state index in [4.69, 9.17) is 4.74 Å². The van der Waals surface area contributed by atoms with Crippen LogP contribution < -0.4 is 5.32 Å². The molecule has 3 aliphatic rings. The van der Waals surface area contributed by atoms with Crippen LogP contribution in [0, 0.1) is 5.41 Å². The molecule has 3 atom stereocenters. The molecular weight excluding hydrogens is 536 g/mol. The fourth-order valence-corrected chi connectivity index (χ4v) is 7.08. The van der Waals surface area contributed by atoms with Gasteiger partial charge in [-0.2, -0.15) is 4.31 Å². The molecule has 0 bridgehead atoms. The monoisotopic (exact) mass is 574 g/mol. The average Bonchev–Trinajstić information content (AvgIpc) is 3.53. The number of ether oxygens (including phenoxy) is 1. The molecule has 0 radical (unpaired) electrons. The summed E-state index contributed by atoms with van der Waals surface area (Å²) in [7, 11) is -3.77. The van der Waals surface area contributed by atoms with Gasteiger partial charge in [0.15, 0.2) is 0 Å². The van der Waals surface area contributed by atoms with Crippen LogP contribution in [0.4, 0.5) is 0 Å². The Morgan fingerprint density at radius 3 is 2.55 bits per heavy atom. The van der Waals surface area contributed by atoms with E-state index < -0.39 is 39.5 Å². The standard InChI is InChI=1S/C27H38N6O6S/c1-27(2,3)24(33-17-21(29-30-33)18-8-9-18)26(36)32-16-20(34)14-22(32)25(35)28-15-19-6-4-5-7-23(19)40(37,38)31-10-12-39-13-11-31/h4-7,17-18,20,22,24,34H,8-16H2,1-3H3,(H,28,35)/t20-,22+,24-/m1/s1. The van der Waals surface area contributed by atoms with Crippen LogP contribution >= 0.6 is 0 Å². The number of amides is 2. The van der Waals surface area contributed by atoms with E-state index >= 15 is 0 Å². The molecular formula is C27H38N6O6S. The van der Waals surface area contributed by atoms with Gasteiger partial charge in [-0.25, -0.2) is 13.1 Å². The number of rotatable bonds is 8. The van der Waals surface area contributed by atoms with Crippen LogP contribution in [0.15, 0.2) is 35.4 Å². The molecule has 0 unspecified atom stereocenters. The molecule has 12 nitrogen and oxygen atoms in total. The summed E-state index contributed by atoms with van der Waals surface area (Å²) in [4.78, 5) is 28.9. The van der Waals surface area contributed by atoms with E-state index in [0.717, 1.165) is 18.5 Å². The van der Waals surface area contributed by atoms with Gasteiger partial charge in [0, 0.05) is 44.7 Å². The molecule has 0 spiro atoms. The summed E-state index contributed by atoms with van der Waals surface area (Å²) in [6.45, 7) is 6.98. The van der Waals surface area contributed by atoms with E-state index in [2.05, 4.69) is 15.6 Å². The Labute approximate surface area is 234 Å². The Kier molecular flexibility index (Phi) is 8.01. The Balaban J connectivity index is 1.32. The topological polar surface area (TPSA) is 147 Å². The Morgan fingerprint density at radius 2 is 1.88 bits per heavy atom. The second-order valence-electron chi connectivity index (χ2n) is 11.9. The van der Waals surface area contributed by atoms with Crippen molar-refractivity contribution in [3.8, 4) is 0 Å². The summed E-state index contributed by atoms with van der Waals surface area (Å²) in [5, 5.41) is 21.8. The lowest BCUT2D eigenvalue weighted by atomic mass is 9.85. The molecule has 40 heavy (non-hydrogen) atoms. The second kappa shape index (κ2) is 11.2. The number of aliphatic hydroxyl groups excluding tert-OH is 1. The number of β-amino-alcohol motifs (C(OH)–C–C–N with tert-alkyl or cyclic N) is 1. The molecule has 3 fully saturated rings. The lowest BCUT2D eigenvalue weighted by molar-refractivity contribution is -0.144. The normalized spacial score (nSPS) is 23.2. The number of hydrogen-bond donors (Lipinski definition) is 2. The summed E-state index contributed by atoms with van der Waals surface area (Å²) >= 11 is 0. The number of nitrogens with one attached hydrogen (secondary N) is 1. The number of hydrogen-bond acceptors (Lipinski definition) is 8. The molecule has 3 heterocycles. The third kappa shape index (κ3) is 5.92. The van der Waals surface area contributed by atoms with Gasteiger partial charge in [-0.1, -0.05) is 44.2 Å². The molecule has 1 saturated carbocycles. The zero-order valence-corrected chi connectivity index (χ0v) is 24.0. The average molecular weight is 575 g/mol. The molecule has 5 rings (SSSR count). The largest absolute Gasteiger partial charge is 0.391 e. The van der Waals surface area contributed by atoms with Crippen LogP contribution in [-0.4, -0.2) is 94.5 Å². The Morgan fingerprint density at radius 1 is 1.18 bits per heavy atom. The van der Waals surface area contributed by atoms with Gasteiger partial charge >= 0.3 is 0 Å². The Bertz CT molecular complexity index is 1350.